The van der Waals surface area contributed by atoms with Crippen LogP contribution in [0.5, 0.6) is 17.2 Å². The highest BCUT2D eigenvalue weighted by Gasteiger charge is 2.14. The van der Waals surface area contributed by atoms with Crippen LogP contribution in [-0.2, 0) is 6.61 Å². The lowest BCUT2D eigenvalue weighted by Gasteiger charge is -2.15. The lowest BCUT2D eigenvalue weighted by Crippen LogP contribution is -2.14. The van der Waals surface area contributed by atoms with Crippen LogP contribution in [0.4, 0.5) is 5.69 Å². The van der Waals surface area contributed by atoms with Gasteiger partial charge in [0, 0.05) is 16.1 Å². The van der Waals surface area contributed by atoms with Crippen LogP contribution in [0.25, 0.3) is 0 Å². The molecule has 0 fully saturated rings. The van der Waals surface area contributed by atoms with Gasteiger partial charge in [-0.15, -0.1) is 0 Å². The van der Waals surface area contributed by atoms with Gasteiger partial charge in [-0.2, -0.15) is 0 Å². The molecule has 0 saturated carbocycles. The number of benzene rings is 3. The Hall–Kier alpha value is -3.18. The van der Waals surface area contributed by atoms with Crippen LogP contribution in [0.3, 0.4) is 0 Å². The lowest BCUT2D eigenvalue weighted by atomic mass is 10.1. The smallest absolute Gasteiger partial charge is 0.255 e. The summed E-state index contributed by atoms with van der Waals surface area (Å²) in [5, 5.41) is 3.36. The predicted molar refractivity (Wildman–Crippen MR) is 124 cm³/mol. The molecule has 31 heavy (non-hydrogen) atoms. The van der Waals surface area contributed by atoms with Crippen molar-refractivity contribution < 1.29 is 19.0 Å². The van der Waals surface area contributed by atoms with Crippen LogP contribution in [0.1, 0.15) is 34.0 Å². The van der Waals surface area contributed by atoms with Gasteiger partial charge in [-0.3, -0.25) is 4.79 Å². The SMILES string of the molecule is CCOc1ccc(C(=O)Nc2cc(Cl)ccc2OC)cc1COc1cc(C)cc(C)c1. The fourth-order valence-electron chi connectivity index (χ4n) is 3.28. The van der Waals surface area contributed by atoms with E-state index in [9.17, 15) is 4.79 Å². The number of aryl methyl sites for hydroxylation is 2. The van der Waals surface area contributed by atoms with Gasteiger partial charge in [-0.1, -0.05) is 17.7 Å². The standard InChI is InChI=1S/C25H26ClNO4/c1-5-30-23-8-6-18(25(28)27-22-14-20(26)7-9-24(22)29-4)13-19(23)15-31-21-11-16(2)10-17(3)12-21/h6-14H,5,15H2,1-4H3,(H,27,28). The molecule has 0 aliphatic carbocycles. The minimum Gasteiger partial charge on any atom is -0.495 e. The molecular weight excluding hydrogens is 414 g/mol. The van der Waals surface area contributed by atoms with E-state index in [0.717, 1.165) is 22.4 Å². The summed E-state index contributed by atoms with van der Waals surface area (Å²) in [6.45, 7) is 6.77. The third kappa shape index (κ3) is 5.92. The predicted octanol–water partition coefficient (Wildman–Crippen LogP) is 6.20. The summed E-state index contributed by atoms with van der Waals surface area (Å²) in [6.07, 6.45) is 0. The van der Waals surface area contributed by atoms with E-state index in [1.54, 1.807) is 36.4 Å². The number of anilines is 1. The van der Waals surface area contributed by atoms with Crippen LogP contribution < -0.4 is 19.5 Å². The molecule has 1 N–H and O–H groups in total. The maximum Gasteiger partial charge on any atom is 0.255 e. The average Bonchev–Trinajstić information content (AvgIpc) is 2.72. The maximum absolute atomic E-state index is 12.9. The van der Waals surface area contributed by atoms with Crippen LogP contribution in [-0.4, -0.2) is 19.6 Å². The number of hydrogen-bond acceptors (Lipinski definition) is 4. The molecule has 162 valence electrons. The zero-order valence-electron chi connectivity index (χ0n) is 18.1. The second-order valence-corrected chi connectivity index (χ2v) is 7.60. The van der Waals surface area contributed by atoms with E-state index in [0.29, 0.717) is 34.4 Å². The zero-order valence-corrected chi connectivity index (χ0v) is 18.9. The van der Waals surface area contributed by atoms with Crippen molar-refractivity contribution in [2.75, 3.05) is 19.0 Å². The highest BCUT2D eigenvalue weighted by atomic mass is 35.5. The Morgan fingerprint density at radius 1 is 0.935 bits per heavy atom. The fraction of sp³-hybridized carbons (Fsp3) is 0.240. The van der Waals surface area contributed by atoms with Gasteiger partial charge in [0.15, 0.2) is 0 Å². The molecule has 0 heterocycles. The van der Waals surface area contributed by atoms with E-state index in [-0.39, 0.29) is 12.5 Å². The molecule has 0 aromatic heterocycles. The van der Waals surface area contributed by atoms with Crippen LogP contribution in [0.2, 0.25) is 5.02 Å². The maximum atomic E-state index is 12.9. The van der Waals surface area contributed by atoms with Gasteiger partial charge in [0.25, 0.3) is 5.91 Å². The van der Waals surface area contributed by atoms with Gasteiger partial charge in [0.1, 0.15) is 23.9 Å². The normalized spacial score (nSPS) is 10.5. The Balaban J connectivity index is 1.83. The minimum absolute atomic E-state index is 0.278. The van der Waals surface area contributed by atoms with Crippen molar-refractivity contribution in [2.45, 2.75) is 27.4 Å². The van der Waals surface area contributed by atoms with E-state index in [1.807, 2.05) is 32.9 Å². The molecule has 3 aromatic carbocycles. The lowest BCUT2D eigenvalue weighted by molar-refractivity contribution is 0.102. The Labute approximate surface area is 187 Å². The number of halogens is 1. The van der Waals surface area contributed by atoms with Crippen molar-refractivity contribution in [3.05, 3.63) is 81.9 Å². The van der Waals surface area contributed by atoms with Crippen molar-refractivity contribution in [1.29, 1.82) is 0 Å². The van der Waals surface area contributed by atoms with Crippen LogP contribution >= 0.6 is 11.6 Å². The fourth-order valence-corrected chi connectivity index (χ4v) is 3.45. The molecule has 0 aliphatic heterocycles. The second-order valence-electron chi connectivity index (χ2n) is 7.17. The minimum atomic E-state index is -0.281. The molecule has 3 rings (SSSR count). The van der Waals surface area contributed by atoms with E-state index >= 15 is 0 Å². The average molecular weight is 440 g/mol. The monoisotopic (exact) mass is 439 g/mol. The Morgan fingerprint density at radius 2 is 1.65 bits per heavy atom. The van der Waals surface area contributed by atoms with Crippen LogP contribution in [0.15, 0.2) is 54.6 Å². The van der Waals surface area contributed by atoms with Gasteiger partial charge in [-0.05, 0) is 80.4 Å². The van der Waals surface area contributed by atoms with Crippen LogP contribution in [0, 0.1) is 13.8 Å². The van der Waals surface area contributed by atoms with Crippen molar-refractivity contribution in [2.24, 2.45) is 0 Å². The van der Waals surface area contributed by atoms with E-state index < -0.39 is 0 Å². The Kier molecular flexibility index (Phi) is 7.42. The zero-order chi connectivity index (χ0) is 22.4. The number of amides is 1. The molecule has 1 amide bonds. The molecule has 0 unspecified atom stereocenters. The first kappa shape index (κ1) is 22.5. The molecular formula is C25H26ClNO4. The Morgan fingerprint density at radius 3 is 2.32 bits per heavy atom. The van der Waals surface area contributed by atoms with Crippen molar-refractivity contribution in [3.63, 3.8) is 0 Å². The number of ether oxygens (including phenoxy) is 3. The Bertz CT molecular complexity index is 1060. The number of rotatable bonds is 8. The molecule has 0 saturated heterocycles. The second kappa shape index (κ2) is 10.2. The summed E-state index contributed by atoms with van der Waals surface area (Å²) in [7, 11) is 1.54. The summed E-state index contributed by atoms with van der Waals surface area (Å²) < 4.78 is 17.0. The quantitative estimate of drug-likeness (QED) is 0.454. The molecule has 0 aliphatic rings. The summed E-state index contributed by atoms with van der Waals surface area (Å²) in [4.78, 5) is 12.9. The van der Waals surface area contributed by atoms with Gasteiger partial charge in [0.05, 0.1) is 19.4 Å². The van der Waals surface area contributed by atoms with E-state index in [4.69, 9.17) is 25.8 Å². The molecule has 0 radical (unpaired) electrons. The van der Waals surface area contributed by atoms with Gasteiger partial charge >= 0.3 is 0 Å². The first-order chi connectivity index (χ1) is 14.9. The number of carbonyl (C=O) groups is 1. The first-order valence-electron chi connectivity index (χ1n) is 10.0. The molecule has 5 nitrogen and oxygen atoms in total. The van der Waals surface area contributed by atoms with Gasteiger partial charge < -0.3 is 19.5 Å². The van der Waals surface area contributed by atoms with Crippen molar-refractivity contribution in [1.82, 2.24) is 0 Å². The highest BCUT2D eigenvalue weighted by molar-refractivity contribution is 6.31. The van der Waals surface area contributed by atoms with E-state index in [2.05, 4.69) is 11.4 Å². The number of nitrogens with one attached hydrogen (secondary N) is 1. The molecule has 0 spiro atoms. The molecule has 3 aromatic rings. The molecule has 6 heteroatoms. The first-order valence-corrected chi connectivity index (χ1v) is 10.4. The van der Waals surface area contributed by atoms with E-state index in [1.165, 1.54) is 7.11 Å². The number of hydrogen-bond donors (Lipinski definition) is 1. The van der Waals surface area contributed by atoms with Crippen molar-refractivity contribution >= 4 is 23.2 Å². The molecule has 0 bridgehead atoms. The highest BCUT2D eigenvalue weighted by Crippen LogP contribution is 2.29. The van der Waals surface area contributed by atoms with Crippen molar-refractivity contribution in [3.8, 4) is 17.2 Å². The molecule has 0 atom stereocenters. The number of methoxy groups -OCH3 is 1. The van der Waals surface area contributed by atoms with Gasteiger partial charge in [-0.25, -0.2) is 0 Å². The summed E-state index contributed by atoms with van der Waals surface area (Å²) in [5.74, 6) is 1.71. The summed E-state index contributed by atoms with van der Waals surface area (Å²) >= 11 is 6.07. The van der Waals surface area contributed by atoms with Gasteiger partial charge in [0.2, 0.25) is 0 Å². The topological polar surface area (TPSA) is 56.8 Å². The summed E-state index contributed by atoms with van der Waals surface area (Å²) in [5.41, 5.74) is 4.02. The number of carbonyl (C=O) groups excluding carboxylic acids is 1. The third-order valence-electron chi connectivity index (χ3n) is 4.62. The third-order valence-corrected chi connectivity index (χ3v) is 4.86. The largest absolute Gasteiger partial charge is 0.495 e. The summed E-state index contributed by atoms with van der Waals surface area (Å²) in [6, 6.07) is 16.4.